The summed E-state index contributed by atoms with van der Waals surface area (Å²) in [6.07, 6.45) is 5.36. The first-order chi connectivity index (χ1) is 14.7. The molecule has 0 radical (unpaired) electrons. The smallest absolute Gasteiger partial charge is 0.312 e. The summed E-state index contributed by atoms with van der Waals surface area (Å²) in [5.74, 6) is 0.710. The molecule has 0 aromatic carbocycles. The fourth-order valence-electron chi connectivity index (χ4n) is 7.21. The van der Waals surface area contributed by atoms with Crippen molar-refractivity contribution in [1.82, 2.24) is 0 Å². The Kier molecular flexibility index (Phi) is 6.03. The van der Waals surface area contributed by atoms with Gasteiger partial charge in [0.15, 0.2) is 0 Å². The molecule has 4 aliphatic carbocycles. The first-order valence-corrected chi connectivity index (χ1v) is 12.2. The number of rotatable bonds is 6. The summed E-state index contributed by atoms with van der Waals surface area (Å²) in [5.41, 5.74) is -0.847. The van der Waals surface area contributed by atoms with Crippen LogP contribution in [0.3, 0.4) is 0 Å². The minimum absolute atomic E-state index is 0.163. The minimum atomic E-state index is -0.669. The quantitative estimate of drug-likeness (QED) is 0.254. The first-order valence-electron chi connectivity index (χ1n) is 12.2. The van der Waals surface area contributed by atoms with Crippen molar-refractivity contribution in [2.45, 2.75) is 92.0 Å². The SMILES string of the molecule is CC(OC(=O)C1C2CC(C1C(=O)OC(C)OC(C)(C)C)C1C3C=CC(C3)C21)OC(C)(C)C. The van der Waals surface area contributed by atoms with Gasteiger partial charge in [0.05, 0.1) is 23.0 Å². The molecule has 6 nitrogen and oxygen atoms in total. The molecule has 3 fully saturated rings. The maximum atomic E-state index is 13.4. The van der Waals surface area contributed by atoms with Crippen LogP contribution in [0.5, 0.6) is 0 Å². The van der Waals surface area contributed by atoms with Crippen molar-refractivity contribution >= 4 is 11.9 Å². The zero-order valence-electron chi connectivity index (χ0n) is 20.8. The standard InChI is InChI=1S/C26H40O6/c1-13(31-25(3,4)5)29-23(27)21-17-12-18(20-16-10-9-15(11-16)19(17)20)22(21)24(28)30-14(2)32-26(6,7)8/h9-10,13-22H,11-12H2,1-8H3. The van der Waals surface area contributed by atoms with Crippen molar-refractivity contribution in [2.24, 2.45) is 47.3 Å². The van der Waals surface area contributed by atoms with E-state index in [2.05, 4.69) is 12.2 Å². The van der Waals surface area contributed by atoms with Crippen molar-refractivity contribution < 1.29 is 28.5 Å². The van der Waals surface area contributed by atoms with Crippen molar-refractivity contribution in [2.75, 3.05) is 0 Å². The highest BCUT2D eigenvalue weighted by Crippen LogP contribution is 2.69. The van der Waals surface area contributed by atoms with Gasteiger partial charge in [-0.15, -0.1) is 0 Å². The second-order valence-corrected chi connectivity index (χ2v) is 12.2. The molecular formula is C26H40O6. The van der Waals surface area contributed by atoms with Crippen molar-refractivity contribution in [3.63, 3.8) is 0 Å². The average Bonchev–Trinajstić information content (AvgIpc) is 3.35. The minimum Gasteiger partial charge on any atom is -0.436 e. The van der Waals surface area contributed by atoms with Gasteiger partial charge in [-0.05, 0) is 104 Å². The van der Waals surface area contributed by atoms with Crippen molar-refractivity contribution in [1.29, 1.82) is 0 Å². The van der Waals surface area contributed by atoms with E-state index >= 15 is 0 Å². The summed E-state index contributed by atoms with van der Waals surface area (Å²) in [5, 5.41) is 0. The van der Waals surface area contributed by atoms with Gasteiger partial charge < -0.3 is 18.9 Å². The zero-order valence-corrected chi connectivity index (χ0v) is 20.8. The second-order valence-electron chi connectivity index (χ2n) is 12.2. The molecule has 0 amide bonds. The van der Waals surface area contributed by atoms with Gasteiger partial charge in [0.1, 0.15) is 0 Å². The number of carbonyl (C=O) groups is 2. The van der Waals surface area contributed by atoms with Gasteiger partial charge >= 0.3 is 11.9 Å². The van der Waals surface area contributed by atoms with Crippen molar-refractivity contribution in [3.05, 3.63) is 12.2 Å². The number of allylic oxidation sites excluding steroid dienone is 2. The molecule has 3 saturated carbocycles. The number of hydrogen-bond acceptors (Lipinski definition) is 6. The Morgan fingerprint density at radius 2 is 1.09 bits per heavy atom. The lowest BCUT2D eigenvalue weighted by molar-refractivity contribution is -0.214. The van der Waals surface area contributed by atoms with Gasteiger partial charge in [-0.1, -0.05) is 12.2 Å². The number of fused-ring (bicyclic) bond motifs is 9. The molecule has 6 heteroatoms. The lowest BCUT2D eigenvalue weighted by Gasteiger charge is -2.40. The van der Waals surface area contributed by atoms with Gasteiger partial charge in [0.2, 0.25) is 12.6 Å². The van der Waals surface area contributed by atoms with Gasteiger partial charge in [0, 0.05) is 0 Å². The van der Waals surface area contributed by atoms with E-state index in [4.69, 9.17) is 18.9 Å². The fraction of sp³-hybridized carbons (Fsp3) is 0.846. The first kappa shape index (κ1) is 23.7. The molecule has 0 N–H and O–H groups in total. The van der Waals surface area contributed by atoms with Crippen LogP contribution in [0, 0.1) is 47.3 Å². The highest BCUT2D eigenvalue weighted by molar-refractivity contribution is 5.84. The van der Waals surface area contributed by atoms with E-state index in [1.807, 2.05) is 41.5 Å². The zero-order chi connectivity index (χ0) is 23.6. The number of esters is 2. The Labute approximate surface area is 192 Å². The molecule has 10 atom stereocenters. The van der Waals surface area contributed by atoms with Crippen LogP contribution in [-0.4, -0.2) is 35.7 Å². The van der Waals surface area contributed by atoms with Crippen LogP contribution in [0.4, 0.5) is 0 Å². The predicted molar refractivity (Wildman–Crippen MR) is 119 cm³/mol. The molecule has 180 valence electrons. The lowest BCUT2D eigenvalue weighted by atomic mass is 9.65. The summed E-state index contributed by atoms with van der Waals surface area (Å²) in [4.78, 5) is 26.8. The number of ether oxygens (including phenoxy) is 4. The van der Waals surface area contributed by atoms with Crippen molar-refractivity contribution in [3.8, 4) is 0 Å². The van der Waals surface area contributed by atoms with E-state index < -0.39 is 35.6 Å². The van der Waals surface area contributed by atoms with E-state index in [1.54, 1.807) is 13.8 Å². The Morgan fingerprint density at radius 1 is 0.719 bits per heavy atom. The van der Waals surface area contributed by atoms with Gasteiger partial charge in [-0.2, -0.15) is 0 Å². The topological polar surface area (TPSA) is 71.1 Å². The van der Waals surface area contributed by atoms with Crippen LogP contribution in [-0.2, 0) is 28.5 Å². The maximum Gasteiger partial charge on any atom is 0.312 e. The molecule has 0 spiro atoms. The molecule has 0 heterocycles. The third kappa shape index (κ3) is 4.50. The summed E-state index contributed by atoms with van der Waals surface area (Å²) in [6.45, 7) is 15.1. The molecule has 10 unspecified atom stereocenters. The average molecular weight is 449 g/mol. The normalized spacial score (nSPS) is 39.1. The second kappa shape index (κ2) is 8.12. The Morgan fingerprint density at radius 3 is 1.44 bits per heavy atom. The predicted octanol–water partition coefficient (Wildman–Crippen LogP) is 4.72. The van der Waals surface area contributed by atoms with E-state index in [1.165, 1.54) is 0 Å². The van der Waals surface area contributed by atoms with Crippen LogP contribution < -0.4 is 0 Å². The van der Waals surface area contributed by atoms with Gasteiger partial charge in [0.25, 0.3) is 0 Å². The van der Waals surface area contributed by atoms with Crippen LogP contribution in [0.25, 0.3) is 0 Å². The van der Waals surface area contributed by atoms with E-state index in [9.17, 15) is 9.59 Å². The molecule has 0 aromatic rings. The lowest BCUT2D eigenvalue weighted by Crippen LogP contribution is -2.46. The van der Waals surface area contributed by atoms with Crippen LogP contribution in [0.2, 0.25) is 0 Å². The third-order valence-electron chi connectivity index (χ3n) is 7.57. The largest absolute Gasteiger partial charge is 0.436 e. The third-order valence-corrected chi connectivity index (χ3v) is 7.57. The van der Waals surface area contributed by atoms with E-state index in [0.29, 0.717) is 23.7 Å². The Balaban J connectivity index is 1.53. The molecular weight excluding hydrogens is 408 g/mol. The summed E-state index contributed by atoms with van der Waals surface area (Å²) < 4.78 is 23.1. The molecule has 4 aliphatic rings. The fourth-order valence-corrected chi connectivity index (χ4v) is 7.21. The van der Waals surface area contributed by atoms with Crippen LogP contribution in [0.15, 0.2) is 12.2 Å². The summed E-state index contributed by atoms with van der Waals surface area (Å²) in [6, 6.07) is 0. The molecule has 0 saturated heterocycles. The van der Waals surface area contributed by atoms with Gasteiger partial charge in [-0.25, -0.2) is 0 Å². The van der Waals surface area contributed by atoms with E-state index in [-0.39, 0.29) is 23.8 Å². The Bertz CT molecular complexity index is 712. The monoisotopic (exact) mass is 448 g/mol. The molecule has 32 heavy (non-hydrogen) atoms. The number of hydrogen-bond donors (Lipinski definition) is 0. The molecule has 4 bridgehead atoms. The van der Waals surface area contributed by atoms with Crippen LogP contribution in [0.1, 0.15) is 68.2 Å². The highest BCUT2D eigenvalue weighted by atomic mass is 16.7. The molecule has 0 aromatic heterocycles. The highest BCUT2D eigenvalue weighted by Gasteiger charge is 2.68. The van der Waals surface area contributed by atoms with Crippen LogP contribution >= 0.6 is 0 Å². The van der Waals surface area contributed by atoms with Gasteiger partial charge in [-0.3, -0.25) is 9.59 Å². The van der Waals surface area contributed by atoms with E-state index in [0.717, 1.165) is 12.8 Å². The number of carbonyl (C=O) groups excluding carboxylic acids is 2. The summed E-state index contributed by atoms with van der Waals surface area (Å²) in [7, 11) is 0. The molecule has 4 rings (SSSR count). The summed E-state index contributed by atoms with van der Waals surface area (Å²) >= 11 is 0. The maximum absolute atomic E-state index is 13.4. The molecule has 0 aliphatic heterocycles. The Hall–Kier alpha value is -1.40.